The first-order chi connectivity index (χ1) is 4.86. The van der Waals surface area contributed by atoms with Gasteiger partial charge >= 0.3 is 0 Å². The van der Waals surface area contributed by atoms with Gasteiger partial charge < -0.3 is 4.90 Å². The maximum atomic E-state index is 2.53. The largest absolute Gasteiger partial charge is 0.303 e. The lowest BCUT2D eigenvalue weighted by atomic mass is 10.2. The van der Waals surface area contributed by atoms with Crippen LogP contribution in [0.25, 0.3) is 0 Å². The maximum absolute atomic E-state index is 2.53. The molecule has 0 aliphatic carbocycles. The van der Waals surface area contributed by atoms with E-state index >= 15 is 0 Å². The molecule has 0 saturated carbocycles. The smallest absolute Gasteiger partial charge is 0.0409 e. The van der Waals surface area contributed by atoms with Crippen LogP contribution in [0, 0.1) is 0 Å². The van der Waals surface area contributed by atoms with Crippen LogP contribution in [0.3, 0.4) is 0 Å². The van der Waals surface area contributed by atoms with Crippen molar-refractivity contribution in [2.45, 2.75) is 6.04 Å². The molecular weight excluding hydrogens is 124 g/mol. The third kappa shape index (κ3) is 0.976. The zero-order valence-corrected chi connectivity index (χ0v) is 6.45. The summed E-state index contributed by atoms with van der Waals surface area (Å²) in [6.07, 6.45) is 4.61. The molecule has 0 aromatic rings. The standard InChI is InChI=1S/C8H14N2/c1-9-5-6-10-4-2-3-8(10)7-9/h2-3,8H,4-7H2,1H3. The van der Waals surface area contributed by atoms with Crippen molar-refractivity contribution < 1.29 is 0 Å². The molecule has 0 radical (unpaired) electrons. The zero-order chi connectivity index (χ0) is 6.97. The van der Waals surface area contributed by atoms with Crippen LogP contribution in [0.4, 0.5) is 0 Å². The summed E-state index contributed by atoms with van der Waals surface area (Å²) in [5, 5.41) is 0. The number of piperazine rings is 1. The van der Waals surface area contributed by atoms with Crippen molar-refractivity contribution in [3.8, 4) is 0 Å². The predicted molar refractivity (Wildman–Crippen MR) is 42.0 cm³/mol. The van der Waals surface area contributed by atoms with E-state index in [9.17, 15) is 0 Å². The lowest BCUT2D eigenvalue weighted by Crippen LogP contribution is -2.48. The monoisotopic (exact) mass is 138 g/mol. The second-order valence-corrected chi connectivity index (χ2v) is 3.25. The fraction of sp³-hybridized carbons (Fsp3) is 0.750. The van der Waals surface area contributed by atoms with E-state index in [1.165, 1.54) is 26.2 Å². The van der Waals surface area contributed by atoms with Crippen LogP contribution in [-0.4, -0.2) is 49.1 Å². The van der Waals surface area contributed by atoms with E-state index in [1.807, 2.05) is 0 Å². The molecule has 2 aliphatic rings. The summed E-state index contributed by atoms with van der Waals surface area (Å²) in [6.45, 7) is 4.88. The van der Waals surface area contributed by atoms with Gasteiger partial charge in [-0.15, -0.1) is 0 Å². The van der Waals surface area contributed by atoms with Gasteiger partial charge in [0, 0.05) is 32.2 Å². The lowest BCUT2D eigenvalue weighted by Gasteiger charge is -2.34. The molecule has 1 atom stereocenters. The topological polar surface area (TPSA) is 6.48 Å². The highest BCUT2D eigenvalue weighted by Gasteiger charge is 2.24. The summed E-state index contributed by atoms with van der Waals surface area (Å²) in [4.78, 5) is 4.93. The molecule has 2 heteroatoms. The molecule has 0 spiro atoms. The highest BCUT2D eigenvalue weighted by molar-refractivity contribution is 5.06. The van der Waals surface area contributed by atoms with Crippen LogP contribution >= 0.6 is 0 Å². The minimum Gasteiger partial charge on any atom is -0.303 e. The molecular formula is C8H14N2. The molecule has 2 nitrogen and oxygen atoms in total. The second kappa shape index (κ2) is 2.36. The Morgan fingerprint density at radius 2 is 2.30 bits per heavy atom. The SMILES string of the molecule is CN1CCN2CC=CC2C1. The van der Waals surface area contributed by atoms with Crippen molar-refractivity contribution in [2.24, 2.45) is 0 Å². The Bertz CT molecular complexity index is 153. The van der Waals surface area contributed by atoms with Crippen LogP contribution in [-0.2, 0) is 0 Å². The van der Waals surface area contributed by atoms with E-state index in [4.69, 9.17) is 0 Å². The predicted octanol–water partition coefficient (Wildman–Crippen LogP) is 0.172. The van der Waals surface area contributed by atoms with Gasteiger partial charge in [-0.2, -0.15) is 0 Å². The van der Waals surface area contributed by atoms with E-state index in [-0.39, 0.29) is 0 Å². The molecule has 2 rings (SSSR count). The number of rotatable bonds is 0. The van der Waals surface area contributed by atoms with Gasteiger partial charge in [0.25, 0.3) is 0 Å². The van der Waals surface area contributed by atoms with Crippen LogP contribution < -0.4 is 0 Å². The van der Waals surface area contributed by atoms with Crippen molar-refractivity contribution in [2.75, 3.05) is 33.2 Å². The van der Waals surface area contributed by atoms with E-state index in [1.54, 1.807) is 0 Å². The van der Waals surface area contributed by atoms with Crippen molar-refractivity contribution >= 4 is 0 Å². The average molecular weight is 138 g/mol. The Morgan fingerprint density at radius 1 is 1.40 bits per heavy atom. The molecule has 0 amide bonds. The Labute approximate surface area is 62.1 Å². The first kappa shape index (κ1) is 6.38. The lowest BCUT2D eigenvalue weighted by molar-refractivity contribution is 0.138. The van der Waals surface area contributed by atoms with Gasteiger partial charge in [-0.3, -0.25) is 4.90 Å². The summed E-state index contributed by atoms with van der Waals surface area (Å²) in [7, 11) is 2.20. The minimum atomic E-state index is 0.721. The third-order valence-corrected chi connectivity index (χ3v) is 2.43. The van der Waals surface area contributed by atoms with Crippen molar-refractivity contribution in [1.82, 2.24) is 9.80 Å². The van der Waals surface area contributed by atoms with Crippen molar-refractivity contribution in [1.29, 1.82) is 0 Å². The molecule has 0 aromatic heterocycles. The fourth-order valence-electron chi connectivity index (χ4n) is 1.75. The Hall–Kier alpha value is -0.340. The number of hydrogen-bond donors (Lipinski definition) is 0. The van der Waals surface area contributed by atoms with Gasteiger partial charge in [0.1, 0.15) is 0 Å². The maximum Gasteiger partial charge on any atom is 0.0409 e. The molecule has 0 bridgehead atoms. The van der Waals surface area contributed by atoms with Gasteiger partial charge in [0.2, 0.25) is 0 Å². The van der Waals surface area contributed by atoms with Gasteiger partial charge in [0.05, 0.1) is 0 Å². The summed E-state index contributed by atoms with van der Waals surface area (Å²) >= 11 is 0. The molecule has 10 heavy (non-hydrogen) atoms. The van der Waals surface area contributed by atoms with Crippen LogP contribution in [0.15, 0.2) is 12.2 Å². The molecule has 2 aliphatic heterocycles. The van der Waals surface area contributed by atoms with E-state index in [0.717, 1.165) is 6.04 Å². The van der Waals surface area contributed by atoms with Gasteiger partial charge in [-0.1, -0.05) is 12.2 Å². The quantitative estimate of drug-likeness (QED) is 0.440. The third-order valence-electron chi connectivity index (χ3n) is 2.43. The molecule has 1 unspecified atom stereocenters. The van der Waals surface area contributed by atoms with Crippen molar-refractivity contribution in [3.05, 3.63) is 12.2 Å². The van der Waals surface area contributed by atoms with Crippen LogP contribution in [0.2, 0.25) is 0 Å². The second-order valence-electron chi connectivity index (χ2n) is 3.25. The van der Waals surface area contributed by atoms with Gasteiger partial charge in [-0.25, -0.2) is 0 Å². The molecule has 1 fully saturated rings. The van der Waals surface area contributed by atoms with Crippen LogP contribution in [0.5, 0.6) is 0 Å². The number of nitrogens with zero attached hydrogens (tertiary/aromatic N) is 2. The highest BCUT2D eigenvalue weighted by Crippen LogP contribution is 2.13. The molecule has 0 aromatic carbocycles. The van der Waals surface area contributed by atoms with Gasteiger partial charge in [0.15, 0.2) is 0 Å². The Morgan fingerprint density at radius 3 is 3.20 bits per heavy atom. The van der Waals surface area contributed by atoms with Crippen LogP contribution in [0.1, 0.15) is 0 Å². The average Bonchev–Trinajstić information content (AvgIpc) is 2.33. The van der Waals surface area contributed by atoms with E-state index < -0.39 is 0 Å². The first-order valence-electron chi connectivity index (χ1n) is 3.95. The fourth-order valence-corrected chi connectivity index (χ4v) is 1.75. The molecule has 1 saturated heterocycles. The minimum absolute atomic E-state index is 0.721. The van der Waals surface area contributed by atoms with Crippen molar-refractivity contribution in [3.63, 3.8) is 0 Å². The summed E-state index contributed by atoms with van der Waals surface area (Å²) in [6, 6.07) is 0.721. The summed E-state index contributed by atoms with van der Waals surface area (Å²) in [5.74, 6) is 0. The number of hydrogen-bond acceptors (Lipinski definition) is 2. The molecule has 56 valence electrons. The Balaban J connectivity index is 2.01. The van der Waals surface area contributed by atoms with Gasteiger partial charge in [-0.05, 0) is 7.05 Å². The van der Waals surface area contributed by atoms with E-state index in [0.29, 0.717) is 0 Å². The normalized spacial score (nSPS) is 34.7. The molecule has 2 heterocycles. The molecule has 0 N–H and O–H groups in total. The van der Waals surface area contributed by atoms with E-state index in [2.05, 4.69) is 29.0 Å². The zero-order valence-electron chi connectivity index (χ0n) is 6.45. The summed E-state index contributed by atoms with van der Waals surface area (Å²) in [5.41, 5.74) is 0. The first-order valence-corrected chi connectivity index (χ1v) is 3.95. The summed E-state index contributed by atoms with van der Waals surface area (Å²) < 4.78 is 0. The number of fused-ring (bicyclic) bond motifs is 1. The number of likely N-dealkylation sites (N-methyl/N-ethyl adjacent to an activating group) is 1. The Kier molecular flexibility index (Phi) is 1.51. The highest BCUT2D eigenvalue weighted by atomic mass is 15.3.